The van der Waals surface area contributed by atoms with Crippen molar-refractivity contribution in [3.05, 3.63) is 83.7 Å². The highest BCUT2D eigenvalue weighted by atomic mass is 32.2. The third kappa shape index (κ3) is 8.89. The second-order valence-corrected chi connectivity index (χ2v) is 13.5. The molecule has 5 rings (SSSR count). The van der Waals surface area contributed by atoms with Crippen molar-refractivity contribution in [2.24, 2.45) is 11.8 Å². The van der Waals surface area contributed by atoms with E-state index in [1.807, 2.05) is 49.5 Å². The van der Waals surface area contributed by atoms with E-state index in [9.17, 15) is 34.8 Å². The van der Waals surface area contributed by atoms with Crippen molar-refractivity contribution < 1.29 is 34.8 Å². The number of nitrogens with zero attached hydrogens (tertiary/aromatic N) is 4. The Morgan fingerprint density at radius 1 is 0.830 bits per heavy atom. The molecular weight excluding hydrogens is 646 g/mol. The lowest BCUT2D eigenvalue weighted by atomic mass is 9.82. The van der Waals surface area contributed by atoms with Crippen LogP contribution in [0.5, 0.6) is 0 Å². The lowest BCUT2D eigenvalue weighted by Crippen LogP contribution is -2.32. The van der Waals surface area contributed by atoms with E-state index in [2.05, 4.69) is 24.9 Å². The van der Waals surface area contributed by atoms with Crippen LogP contribution in [-0.2, 0) is 28.8 Å². The number of rotatable bonds is 11. The summed E-state index contributed by atoms with van der Waals surface area (Å²) in [6.45, 7) is 1.18. The zero-order valence-corrected chi connectivity index (χ0v) is 26.3. The summed E-state index contributed by atoms with van der Waals surface area (Å²) < 4.78 is 107. The molecule has 1 aliphatic rings. The molecule has 0 saturated heterocycles. The summed E-state index contributed by atoms with van der Waals surface area (Å²) in [7, 11) is -2.65. The summed E-state index contributed by atoms with van der Waals surface area (Å²) >= 11 is 0. The molecule has 1 aliphatic carbocycles. The van der Waals surface area contributed by atoms with E-state index in [0.717, 1.165) is 41.7 Å². The molecule has 0 aliphatic heterocycles. The predicted octanol–water partition coefficient (Wildman–Crippen LogP) is 6.94. The molecule has 0 unspecified atom stereocenters. The maximum absolute atomic E-state index is 13.2. The van der Waals surface area contributed by atoms with Crippen molar-refractivity contribution in [2.45, 2.75) is 49.4 Å². The van der Waals surface area contributed by atoms with Crippen LogP contribution in [0.1, 0.15) is 42.5 Å². The van der Waals surface area contributed by atoms with Gasteiger partial charge in [-0.15, -0.1) is 0 Å². The van der Waals surface area contributed by atoms with E-state index in [-0.39, 0.29) is 36.6 Å². The summed E-state index contributed by atoms with van der Waals surface area (Å²) in [6, 6.07) is 13.9. The Kier molecular flexibility index (Phi) is 10.2. The first-order chi connectivity index (χ1) is 22.2. The van der Waals surface area contributed by atoms with Crippen molar-refractivity contribution in [1.82, 2.24) is 19.7 Å². The number of aromatic nitrogens is 3. The number of hydrogen-bond donors (Lipinski definition) is 2. The molecule has 4 aromatic rings. The third-order valence-electron chi connectivity index (χ3n) is 8.32. The largest absolute Gasteiger partial charge is 0.416 e. The van der Waals surface area contributed by atoms with Crippen LogP contribution in [0.15, 0.2) is 71.8 Å². The maximum atomic E-state index is 13.2. The van der Waals surface area contributed by atoms with Gasteiger partial charge in [0.25, 0.3) is 0 Å². The van der Waals surface area contributed by atoms with E-state index < -0.39 is 38.4 Å². The Balaban J connectivity index is 1.17. The van der Waals surface area contributed by atoms with Gasteiger partial charge in [-0.3, -0.25) is 4.98 Å². The van der Waals surface area contributed by atoms with Gasteiger partial charge in [0.2, 0.25) is 16.0 Å². The second-order valence-electron chi connectivity index (χ2n) is 11.7. The number of anilines is 2. The monoisotopic (exact) mass is 680 g/mol. The van der Waals surface area contributed by atoms with E-state index in [4.69, 9.17) is 4.98 Å². The number of sulfonamides is 1. The Morgan fingerprint density at radius 2 is 1.45 bits per heavy atom. The van der Waals surface area contributed by atoms with Crippen molar-refractivity contribution >= 4 is 32.7 Å². The number of likely N-dealkylation sites (N-methyl/N-ethyl adjacent to an activating group) is 1. The highest BCUT2D eigenvalue weighted by Crippen LogP contribution is 2.37. The Bertz CT molecular complexity index is 1750. The van der Waals surface area contributed by atoms with Crippen molar-refractivity contribution in [2.75, 3.05) is 36.9 Å². The fourth-order valence-corrected chi connectivity index (χ4v) is 6.82. The number of hydrogen-bond acceptors (Lipinski definition) is 7. The summed E-state index contributed by atoms with van der Waals surface area (Å²) in [5.41, 5.74) is -1.59. The molecule has 2 N–H and O–H groups in total. The SMILES string of the molecule is CN(CCc1ccccn1)c1nc(NC[C@H]2CC[C@H](CNS(=O)(=O)c3cc(C(F)(F)F)cc(C(F)(F)F)c3)CC2)nc2ccccc12. The van der Waals surface area contributed by atoms with Gasteiger partial charge in [0.15, 0.2) is 0 Å². The van der Waals surface area contributed by atoms with Gasteiger partial charge in [0.05, 0.1) is 21.5 Å². The normalized spacial score (nSPS) is 17.5. The summed E-state index contributed by atoms with van der Waals surface area (Å²) in [5, 5.41) is 4.27. The Morgan fingerprint density at radius 3 is 2.06 bits per heavy atom. The van der Waals surface area contributed by atoms with Crippen LogP contribution in [0.2, 0.25) is 0 Å². The molecule has 252 valence electrons. The molecule has 47 heavy (non-hydrogen) atoms. The Labute approximate surface area is 268 Å². The average Bonchev–Trinajstić information content (AvgIpc) is 3.05. The standard InChI is InChI=1S/C32H34F6N6O2S/c1-44(15-13-25-6-4-5-14-39-25)29-27-7-2-3-8-28(27)42-30(43-29)40-19-21-9-11-22(12-10-21)20-41-47(45,46)26-17-23(31(33,34)35)16-24(18-26)32(36,37)38/h2-8,14,16-18,21-22,41H,9-13,15,19-20H2,1H3,(H,40,42,43)/t21-,22-. The molecule has 0 bridgehead atoms. The fourth-order valence-electron chi connectivity index (χ4n) is 5.63. The lowest BCUT2D eigenvalue weighted by Gasteiger charge is -2.29. The first-order valence-corrected chi connectivity index (χ1v) is 16.6. The van der Waals surface area contributed by atoms with Crippen LogP contribution in [0.3, 0.4) is 0 Å². The first-order valence-electron chi connectivity index (χ1n) is 15.1. The average molecular weight is 681 g/mol. The van der Waals surface area contributed by atoms with E-state index in [1.54, 1.807) is 6.20 Å². The van der Waals surface area contributed by atoms with Crippen molar-refractivity contribution in [1.29, 1.82) is 0 Å². The van der Waals surface area contributed by atoms with Crippen molar-refractivity contribution in [3.63, 3.8) is 0 Å². The van der Waals surface area contributed by atoms with Crippen molar-refractivity contribution in [3.8, 4) is 0 Å². The number of halogens is 6. The van der Waals surface area contributed by atoms with Crippen LogP contribution in [0.25, 0.3) is 10.9 Å². The minimum atomic E-state index is -5.15. The quantitative estimate of drug-likeness (QED) is 0.166. The van der Waals surface area contributed by atoms with E-state index in [1.165, 1.54) is 0 Å². The van der Waals surface area contributed by atoms with Gasteiger partial charge >= 0.3 is 12.4 Å². The number of pyridine rings is 1. The van der Waals surface area contributed by atoms with E-state index >= 15 is 0 Å². The van der Waals surface area contributed by atoms with Crippen LogP contribution in [0.4, 0.5) is 38.1 Å². The van der Waals surface area contributed by atoms with Gasteiger partial charge in [0.1, 0.15) is 5.82 Å². The molecule has 2 aromatic carbocycles. The highest BCUT2D eigenvalue weighted by Gasteiger charge is 2.38. The van der Waals surface area contributed by atoms with Gasteiger partial charge in [-0.25, -0.2) is 18.1 Å². The zero-order valence-electron chi connectivity index (χ0n) is 25.4. The molecule has 15 heteroatoms. The van der Waals surface area contributed by atoms with E-state index in [0.29, 0.717) is 31.9 Å². The maximum Gasteiger partial charge on any atom is 0.416 e. The molecular formula is C32H34F6N6O2S. The van der Waals surface area contributed by atoms with Gasteiger partial charge in [-0.1, -0.05) is 18.2 Å². The van der Waals surface area contributed by atoms with Gasteiger partial charge in [-0.2, -0.15) is 31.3 Å². The summed E-state index contributed by atoms with van der Waals surface area (Å²) in [5.74, 6) is 1.39. The fraction of sp³-hybridized carbons (Fsp3) is 0.406. The van der Waals surface area contributed by atoms with Crippen LogP contribution >= 0.6 is 0 Å². The molecule has 2 aromatic heterocycles. The van der Waals surface area contributed by atoms with Crippen LogP contribution in [0, 0.1) is 11.8 Å². The molecule has 0 atom stereocenters. The minimum Gasteiger partial charge on any atom is -0.359 e. The highest BCUT2D eigenvalue weighted by molar-refractivity contribution is 7.89. The number of para-hydroxylation sites is 1. The molecule has 0 spiro atoms. The Hall–Kier alpha value is -3.98. The third-order valence-corrected chi connectivity index (χ3v) is 9.73. The molecule has 1 saturated carbocycles. The first kappa shape index (κ1) is 34.4. The molecule has 1 fully saturated rings. The number of fused-ring (bicyclic) bond motifs is 1. The molecule has 0 amide bonds. The van der Waals surface area contributed by atoms with Gasteiger partial charge in [-0.05, 0) is 80.0 Å². The zero-order chi connectivity index (χ0) is 33.8. The van der Waals surface area contributed by atoms with Crippen LogP contribution < -0.4 is 14.9 Å². The molecule has 8 nitrogen and oxygen atoms in total. The minimum absolute atomic E-state index is 0.0952. The summed E-state index contributed by atoms with van der Waals surface area (Å²) in [4.78, 5) is 14.9. The smallest absolute Gasteiger partial charge is 0.359 e. The number of alkyl halides is 6. The number of benzene rings is 2. The second kappa shape index (κ2) is 14.0. The summed E-state index contributed by atoms with van der Waals surface area (Å²) in [6.07, 6.45) is -5.04. The number of nitrogens with one attached hydrogen (secondary N) is 2. The topological polar surface area (TPSA) is 100 Å². The van der Waals surface area contributed by atoms with Gasteiger partial charge in [0, 0.05) is 50.4 Å². The predicted molar refractivity (Wildman–Crippen MR) is 166 cm³/mol. The van der Waals surface area contributed by atoms with Crippen LogP contribution in [-0.4, -0.2) is 50.1 Å². The molecule has 2 heterocycles. The molecule has 0 radical (unpaired) electrons. The van der Waals surface area contributed by atoms with Gasteiger partial charge < -0.3 is 10.2 Å². The lowest BCUT2D eigenvalue weighted by molar-refractivity contribution is -0.143.